The van der Waals surface area contributed by atoms with Crippen LogP contribution in [0, 0.1) is 6.92 Å². The first kappa shape index (κ1) is 16.7. The van der Waals surface area contributed by atoms with Crippen molar-refractivity contribution in [3.05, 3.63) is 65.7 Å². The van der Waals surface area contributed by atoms with Crippen LogP contribution in [-0.4, -0.2) is 21.1 Å². The number of aromatic nitrogens is 2. The SMILES string of the molecule is Cc1cccc(-c2nsc(SCC(=O)OCc3ccccc3)n2)c1. The van der Waals surface area contributed by atoms with Gasteiger partial charge in [0.25, 0.3) is 0 Å². The third-order valence-electron chi connectivity index (χ3n) is 3.24. The van der Waals surface area contributed by atoms with Gasteiger partial charge in [0.1, 0.15) is 6.61 Å². The minimum atomic E-state index is -0.254. The summed E-state index contributed by atoms with van der Waals surface area (Å²) in [5.41, 5.74) is 3.14. The average molecular weight is 356 g/mol. The van der Waals surface area contributed by atoms with Crippen molar-refractivity contribution < 1.29 is 9.53 Å². The van der Waals surface area contributed by atoms with Crippen LogP contribution in [0.4, 0.5) is 0 Å². The zero-order chi connectivity index (χ0) is 16.8. The number of esters is 1. The first-order chi connectivity index (χ1) is 11.7. The van der Waals surface area contributed by atoms with Crippen LogP contribution in [0.1, 0.15) is 11.1 Å². The zero-order valence-corrected chi connectivity index (χ0v) is 14.8. The van der Waals surface area contributed by atoms with Gasteiger partial charge in [-0.3, -0.25) is 4.79 Å². The molecule has 0 spiro atoms. The summed E-state index contributed by atoms with van der Waals surface area (Å²) in [5.74, 6) is 0.676. The van der Waals surface area contributed by atoms with Crippen LogP contribution < -0.4 is 0 Å². The van der Waals surface area contributed by atoms with E-state index in [1.54, 1.807) is 0 Å². The number of hydrogen-bond donors (Lipinski definition) is 0. The number of rotatable bonds is 6. The zero-order valence-electron chi connectivity index (χ0n) is 13.1. The number of benzene rings is 2. The highest BCUT2D eigenvalue weighted by Gasteiger charge is 2.10. The summed E-state index contributed by atoms with van der Waals surface area (Å²) >= 11 is 2.65. The van der Waals surface area contributed by atoms with Crippen molar-refractivity contribution >= 4 is 29.3 Å². The first-order valence-corrected chi connectivity index (χ1v) is 9.20. The largest absolute Gasteiger partial charge is 0.460 e. The van der Waals surface area contributed by atoms with Crippen LogP contribution in [0.2, 0.25) is 0 Å². The molecule has 0 saturated carbocycles. The molecule has 0 aliphatic heterocycles. The van der Waals surface area contributed by atoms with E-state index in [1.807, 2.05) is 61.5 Å². The summed E-state index contributed by atoms with van der Waals surface area (Å²) in [6.45, 7) is 2.33. The molecule has 0 radical (unpaired) electrons. The number of carbonyl (C=O) groups is 1. The normalized spacial score (nSPS) is 10.5. The lowest BCUT2D eigenvalue weighted by molar-refractivity contribution is -0.141. The van der Waals surface area contributed by atoms with E-state index in [1.165, 1.54) is 28.9 Å². The molecular weight excluding hydrogens is 340 g/mol. The summed E-state index contributed by atoms with van der Waals surface area (Å²) in [6, 6.07) is 17.7. The van der Waals surface area contributed by atoms with E-state index in [-0.39, 0.29) is 11.7 Å². The molecule has 3 aromatic rings. The number of carbonyl (C=O) groups excluding carboxylic acids is 1. The monoisotopic (exact) mass is 356 g/mol. The number of ether oxygens (including phenoxy) is 1. The Bertz CT molecular complexity index is 819. The van der Waals surface area contributed by atoms with Gasteiger partial charge in [0, 0.05) is 5.56 Å². The quantitative estimate of drug-likeness (QED) is 0.485. The summed E-state index contributed by atoms with van der Waals surface area (Å²) in [6.07, 6.45) is 0. The Balaban J connectivity index is 1.51. The topological polar surface area (TPSA) is 52.1 Å². The molecule has 6 heteroatoms. The van der Waals surface area contributed by atoms with Gasteiger partial charge in [0.2, 0.25) is 0 Å². The fraction of sp³-hybridized carbons (Fsp3) is 0.167. The van der Waals surface area contributed by atoms with Gasteiger partial charge in [-0.05, 0) is 30.1 Å². The molecule has 0 aliphatic carbocycles. The fourth-order valence-electron chi connectivity index (χ4n) is 2.07. The highest BCUT2D eigenvalue weighted by Crippen LogP contribution is 2.25. The van der Waals surface area contributed by atoms with Crippen molar-refractivity contribution in [2.24, 2.45) is 0 Å². The third kappa shape index (κ3) is 4.66. The van der Waals surface area contributed by atoms with E-state index < -0.39 is 0 Å². The summed E-state index contributed by atoms with van der Waals surface area (Å²) < 4.78 is 10.4. The lowest BCUT2D eigenvalue weighted by Crippen LogP contribution is -2.07. The van der Waals surface area contributed by atoms with Gasteiger partial charge in [0.15, 0.2) is 10.2 Å². The fourth-order valence-corrected chi connectivity index (χ4v) is 3.48. The molecule has 0 N–H and O–H groups in total. The second-order valence-electron chi connectivity index (χ2n) is 5.19. The Morgan fingerprint density at radius 1 is 1.17 bits per heavy atom. The molecule has 1 heterocycles. The minimum absolute atomic E-state index is 0.231. The highest BCUT2D eigenvalue weighted by atomic mass is 32.2. The van der Waals surface area contributed by atoms with E-state index in [0.717, 1.165) is 15.5 Å². The van der Waals surface area contributed by atoms with Crippen molar-refractivity contribution in [3.8, 4) is 11.4 Å². The number of hydrogen-bond acceptors (Lipinski definition) is 6. The van der Waals surface area contributed by atoms with Crippen LogP contribution in [-0.2, 0) is 16.1 Å². The van der Waals surface area contributed by atoms with Gasteiger partial charge < -0.3 is 4.74 Å². The molecule has 3 rings (SSSR count). The van der Waals surface area contributed by atoms with Crippen molar-refractivity contribution in [2.75, 3.05) is 5.75 Å². The molecule has 0 atom stereocenters. The first-order valence-electron chi connectivity index (χ1n) is 7.44. The predicted octanol–water partition coefficient (Wildman–Crippen LogP) is 4.35. The molecule has 0 unspecified atom stereocenters. The van der Waals surface area contributed by atoms with Crippen molar-refractivity contribution in [1.82, 2.24) is 9.36 Å². The van der Waals surface area contributed by atoms with Gasteiger partial charge in [-0.15, -0.1) is 0 Å². The third-order valence-corrected chi connectivity index (χ3v) is 5.05. The maximum atomic E-state index is 11.8. The Hall–Kier alpha value is -2.18. The molecular formula is C18H16N2O2S2. The van der Waals surface area contributed by atoms with Gasteiger partial charge in [0.05, 0.1) is 5.75 Å². The summed E-state index contributed by atoms with van der Waals surface area (Å²) in [4.78, 5) is 16.3. The van der Waals surface area contributed by atoms with Gasteiger partial charge in [-0.1, -0.05) is 65.9 Å². The second-order valence-corrected chi connectivity index (χ2v) is 7.16. The van der Waals surface area contributed by atoms with Gasteiger partial charge in [-0.2, -0.15) is 4.37 Å². The molecule has 0 bridgehead atoms. The van der Waals surface area contributed by atoms with E-state index in [0.29, 0.717) is 12.4 Å². The lowest BCUT2D eigenvalue weighted by atomic mass is 10.1. The molecule has 2 aromatic carbocycles. The minimum Gasteiger partial charge on any atom is -0.460 e. The number of nitrogens with zero attached hydrogens (tertiary/aromatic N) is 2. The van der Waals surface area contributed by atoms with E-state index in [2.05, 4.69) is 9.36 Å². The Kier molecular flexibility index (Phi) is 5.61. The number of thioether (sulfide) groups is 1. The van der Waals surface area contributed by atoms with E-state index >= 15 is 0 Å². The average Bonchev–Trinajstić information content (AvgIpc) is 3.08. The van der Waals surface area contributed by atoms with Crippen molar-refractivity contribution in [3.63, 3.8) is 0 Å². The molecule has 0 fully saturated rings. The Labute approximate surface area is 149 Å². The standard InChI is InChI=1S/C18H16N2O2S2/c1-13-6-5-9-15(10-13)17-19-18(24-20-17)23-12-16(21)22-11-14-7-3-2-4-8-14/h2-10H,11-12H2,1H3. The van der Waals surface area contributed by atoms with Crippen LogP contribution >= 0.6 is 23.3 Å². The Morgan fingerprint density at radius 2 is 2.00 bits per heavy atom. The molecule has 122 valence electrons. The highest BCUT2D eigenvalue weighted by molar-refractivity contribution is 8.01. The summed E-state index contributed by atoms with van der Waals surface area (Å²) in [7, 11) is 0. The molecule has 1 aromatic heterocycles. The van der Waals surface area contributed by atoms with Crippen molar-refractivity contribution in [1.29, 1.82) is 0 Å². The maximum Gasteiger partial charge on any atom is 0.316 e. The van der Waals surface area contributed by atoms with E-state index in [9.17, 15) is 4.79 Å². The van der Waals surface area contributed by atoms with Crippen LogP contribution in [0.3, 0.4) is 0 Å². The maximum absolute atomic E-state index is 11.8. The van der Waals surface area contributed by atoms with Crippen LogP contribution in [0.25, 0.3) is 11.4 Å². The summed E-state index contributed by atoms with van der Waals surface area (Å²) in [5, 5.41) is 0. The number of aryl methyl sites for hydroxylation is 1. The molecule has 0 aliphatic rings. The molecule has 24 heavy (non-hydrogen) atoms. The molecule has 4 nitrogen and oxygen atoms in total. The van der Waals surface area contributed by atoms with Gasteiger partial charge >= 0.3 is 5.97 Å². The molecule has 0 saturated heterocycles. The van der Waals surface area contributed by atoms with E-state index in [4.69, 9.17) is 4.74 Å². The van der Waals surface area contributed by atoms with Gasteiger partial charge in [-0.25, -0.2) is 4.98 Å². The Morgan fingerprint density at radius 3 is 2.79 bits per heavy atom. The van der Waals surface area contributed by atoms with Crippen LogP contribution in [0.15, 0.2) is 58.9 Å². The second kappa shape index (κ2) is 8.08. The smallest absolute Gasteiger partial charge is 0.316 e. The van der Waals surface area contributed by atoms with Crippen LogP contribution in [0.5, 0.6) is 0 Å². The molecule has 0 amide bonds. The predicted molar refractivity (Wildman–Crippen MR) is 97.0 cm³/mol. The van der Waals surface area contributed by atoms with Crippen molar-refractivity contribution in [2.45, 2.75) is 17.9 Å². The lowest BCUT2D eigenvalue weighted by Gasteiger charge is -2.03.